The largest absolute Gasteiger partial charge is 0.383 e. The quantitative estimate of drug-likeness (QED) is 0.669. The predicted octanol–water partition coefficient (Wildman–Crippen LogP) is 1.40. The lowest BCUT2D eigenvalue weighted by Gasteiger charge is -2.15. The third kappa shape index (κ3) is 6.84. The molecule has 0 heterocycles. The maximum Gasteiger partial charge on any atom is 0.220 e. The van der Waals surface area contributed by atoms with E-state index in [9.17, 15) is 4.79 Å². The van der Waals surface area contributed by atoms with E-state index in [2.05, 4.69) is 5.32 Å². The van der Waals surface area contributed by atoms with Gasteiger partial charge in [-0.1, -0.05) is 13.8 Å². The van der Waals surface area contributed by atoms with Crippen molar-refractivity contribution in [1.82, 2.24) is 5.32 Å². The highest BCUT2D eigenvalue weighted by Gasteiger charge is 2.11. The summed E-state index contributed by atoms with van der Waals surface area (Å²) in [5, 5.41) is 2.80. The number of hydrogen-bond donors (Lipinski definition) is 1. The van der Waals surface area contributed by atoms with E-state index in [1.165, 1.54) is 0 Å². The van der Waals surface area contributed by atoms with Gasteiger partial charge in [0.05, 0.1) is 12.6 Å². The van der Waals surface area contributed by atoms with Gasteiger partial charge in [-0.15, -0.1) is 11.6 Å². The number of ether oxygens (including phenoxy) is 1. The topological polar surface area (TPSA) is 38.3 Å². The SMILES string of the molecule is COCC(CCl)NC(=O)CC(C)C. The van der Waals surface area contributed by atoms with E-state index in [-0.39, 0.29) is 11.9 Å². The van der Waals surface area contributed by atoms with E-state index in [1.54, 1.807) is 7.11 Å². The van der Waals surface area contributed by atoms with Crippen LogP contribution < -0.4 is 5.32 Å². The summed E-state index contributed by atoms with van der Waals surface area (Å²) < 4.78 is 4.90. The Morgan fingerprint density at radius 3 is 2.54 bits per heavy atom. The van der Waals surface area contributed by atoms with Gasteiger partial charge in [-0.25, -0.2) is 0 Å². The highest BCUT2D eigenvalue weighted by molar-refractivity contribution is 6.18. The van der Waals surface area contributed by atoms with Crippen molar-refractivity contribution < 1.29 is 9.53 Å². The fraction of sp³-hybridized carbons (Fsp3) is 0.889. The Morgan fingerprint density at radius 2 is 2.15 bits per heavy atom. The van der Waals surface area contributed by atoms with E-state index < -0.39 is 0 Å². The van der Waals surface area contributed by atoms with Gasteiger partial charge in [0.2, 0.25) is 5.91 Å². The summed E-state index contributed by atoms with van der Waals surface area (Å²) >= 11 is 5.63. The van der Waals surface area contributed by atoms with Crippen LogP contribution in [0, 0.1) is 5.92 Å². The predicted molar refractivity (Wildman–Crippen MR) is 54.0 cm³/mol. The molecule has 3 nitrogen and oxygen atoms in total. The second-order valence-electron chi connectivity index (χ2n) is 3.47. The first-order valence-electron chi connectivity index (χ1n) is 4.44. The molecular weight excluding hydrogens is 190 g/mol. The van der Waals surface area contributed by atoms with Crippen molar-refractivity contribution in [3.05, 3.63) is 0 Å². The summed E-state index contributed by atoms with van der Waals surface area (Å²) in [6, 6.07) is -0.0714. The minimum atomic E-state index is -0.0714. The number of alkyl halides is 1. The molecule has 78 valence electrons. The van der Waals surface area contributed by atoms with Gasteiger partial charge >= 0.3 is 0 Å². The maximum atomic E-state index is 11.3. The molecule has 0 aliphatic rings. The highest BCUT2D eigenvalue weighted by Crippen LogP contribution is 1.99. The standard InChI is InChI=1S/C9H18ClNO2/c1-7(2)4-9(12)11-8(5-10)6-13-3/h7-8H,4-6H2,1-3H3,(H,11,12). The minimum Gasteiger partial charge on any atom is -0.383 e. The number of halogens is 1. The first kappa shape index (κ1) is 12.7. The van der Waals surface area contributed by atoms with Crippen molar-refractivity contribution in [2.24, 2.45) is 5.92 Å². The van der Waals surface area contributed by atoms with Crippen molar-refractivity contribution in [2.45, 2.75) is 26.3 Å². The van der Waals surface area contributed by atoms with Crippen molar-refractivity contribution in [3.8, 4) is 0 Å². The number of methoxy groups -OCH3 is 1. The Labute approximate surface area is 84.8 Å². The second-order valence-corrected chi connectivity index (χ2v) is 3.78. The molecule has 0 saturated carbocycles. The number of amides is 1. The first-order chi connectivity index (χ1) is 6.10. The van der Waals surface area contributed by atoms with Crippen molar-refractivity contribution >= 4 is 17.5 Å². The summed E-state index contributed by atoms with van der Waals surface area (Å²) in [4.78, 5) is 11.3. The van der Waals surface area contributed by atoms with Crippen molar-refractivity contribution in [3.63, 3.8) is 0 Å². The molecule has 4 heteroatoms. The molecule has 0 rings (SSSR count). The Bertz CT molecular complexity index is 151. The molecule has 0 radical (unpaired) electrons. The monoisotopic (exact) mass is 207 g/mol. The fourth-order valence-corrected chi connectivity index (χ4v) is 1.15. The summed E-state index contributed by atoms with van der Waals surface area (Å²) in [5.41, 5.74) is 0. The van der Waals surface area contributed by atoms with Crippen LogP contribution >= 0.6 is 11.6 Å². The van der Waals surface area contributed by atoms with Gasteiger partial charge in [-0.05, 0) is 5.92 Å². The van der Waals surface area contributed by atoms with Crippen LogP contribution in [0.25, 0.3) is 0 Å². The molecule has 1 N–H and O–H groups in total. The molecule has 1 unspecified atom stereocenters. The molecular formula is C9H18ClNO2. The lowest BCUT2D eigenvalue weighted by Crippen LogP contribution is -2.39. The van der Waals surface area contributed by atoms with Crippen molar-refractivity contribution in [1.29, 1.82) is 0 Å². The molecule has 13 heavy (non-hydrogen) atoms. The van der Waals surface area contributed by atoms with Gasteiger partial charge in [0.1, 0.15) is 0 Å². The molecule has 0 spiro atoms. The fourth-order valence-electron chi connectivity index (χ4n) is 0.983. The molecule has 0 saturated heterocycles. The van der Waals surface area contributed by atoms with Crippen LogP contribution in [-0.2, 0) is 9.53 Å². The molecule has 0 aromatic heterocycles. The molecule has 0 bridgehead atoms. The second kappa shape index (κ2) is 7.15. The van der Waals surface area contributed by atoms with E-state index in [4.69, 9.17) is 16.3 Å². The highest BCUT2D eigenvalue weighted by atomic mass is 35.5. The number of rotatable bonds is 6. The lowest BCUT2D eigenvalue weighted by molar-refractivity contribution is -0.122. The van der Waals surface area contributed by atoms with Gasteiger partial charge in [-0.2, -0.15) is 0 Å². The third-order valence-corrected chi connectivity index (χ3v) is 1.89. The first-order valence-corrected chi connectivity index (χ1v) is 4.97. The summed E-state index contributed by atoms with van der Waals surface area (Å²) in [5.74, 6) is 0.800. The average molecular weight is 208 g/mol. The van der Waals surface area contributed by atoms with Crippen LogP contribution in [0.5, 0.6) is 0 Å². The van der Waals surface area contributed by atoms with Gasteiger partial charge in [-0.3, -0.25) is 4.79 Å². The van der Waals surface area contributed by atoms with Gasteiger partial charge in [0.15, 0.2) is 0 Å². The number of carbonyl (C=O) groups excluding carboxylic acids is 1. The Hall–Kier alpha value is -0.280. The normalized spacial score (nSPS) is 13.0. The molecule has 0 aromatic carbocycles. The molecule has 0 fully saturated rings. The van der Waals surface area contributed by atoms with Gasteiger partial charge < -0.3 is 10.1 Å². The number of carbonyl (C=O) groups is 1. The lowest BCUT2D eigenvalue weighted by atomic mass is 10.1. The van der Waals surface area contributed by atoms with Crippen LogP contribution in [0.15, 0.2) is 0 Å². The van der Waals surface area contributed by atoms with Crippen LogP contribution in [0.3, 0.4) is 0 Å². The van der Waals surface area contributed by atoms with Crippen molar-refractivity contribution in [2.75, 3.05) is 19.6 Å². The zero-order valence-corrected chi connectivity index (χ0v) is 9.23. The Morgan fingerprint density at radius 1 is 1.54 bits per heavy atom. The minimum absolute atomic E-state index is 0.0395. The molecule has 1 amide bonds. The molecule has 0 aliphatic heterocycles. The van der Waals surface area contributed by atoms with Crippen LogP contribution in [0.4, 0.5) is 0 Å². The Kier molecular flexibility index (Phi) is 7.00. The zero-order chi connectivity index (χ0) is 10.3. The summed E-state index contributed by atoms with van der Waals surface area (Å²) in [6.45, 7) is 4.48. The molecule has 0 aromatic rings. The summed E-state index contributed by atoms with van der Waals surface area (Å²) in [6.07, 6.45) is 0.539. The molecule has 1 atom stereocenters. The number of nitrogens with one attached hydrogen (secondary N) is 1. The zero-order valence-electron chi connectivity index (χ0n) is 8.47. The van der Waals surface area contributed by atoms with Gasteiger partial charge in [0, 0.05) is 19.4 Å². The van der Waals surface area contributed by atoms with Crippen LogP contribution in [0.1, 0.15) is 20.3 Å². The average Bonchev–Trinajstić information content (AvgIpc) is 2.02. The maximum absolute atomic E-state index is 11.3. The molecule has 0 aliphatic carbocycles. The van der Waals surface area contributed by atoms with E-state index in [1.807, 2.05) is 13.8 Å². The summed E-state index contributed by atoms with van der Waals surface area (Å²) in [7, 11) is 1.59. The van der Waals surface area contributed by atoms with Crippen LogP contribution in [-0.4, -0.2) is 31.5 Å². The van der Waals surface area contributed by atoms with E-state index >= 15 is 0 Å². The van der Waals surface area contributed by atoms with Gasteiger partial charge in [0.25, 0.3) is 0 Å². The third-order valence-electron chi connectivity index (χ3n) is 1.51. The van der Waals surface area contributed by atoms with E-state index in [0.29, 0.717) is 24.8 Å². The smallest absolute Gasteiger partial charge is 0.220 e. The number of hydrogen-bond acceptors (Lipinski definition) is 2. The van der Waals surface area contributed by atoms with E-state index in [0.717, 1.165) is 0 Å². The van der Waals surface area contributed by atoms with Crippen LogP contribution in [0.2, 0.25) is 0 Å². The Balaban J connectivity index is 3.73.